The summed E-state index contributed by atoms with van der Waals surface area (Å²) in [6.45, 7) is 0. The van der Waals surface area contributed by atoms with Crippen molar-refractivity contribution < 1.29 is 17.1 Å². The molecule has 0 fully saturated rings. The second-order valence-corrected chi connectivity index (χ2v) is 13.6. The first-order valence-electron chi connectivity index (χ1n) is 21.2. The molecule has 2 heterocycles. The zero-order chi connectivity index (χ0) is 41.5. The van der Waals surface area contributed by atoms with Gasteiger partial charge in [0.1, 0.15) is 22.3 Å². The number of para-hydroxylation sites is 4. The van der Waals surface area contributed by atoms with Crippen LogP contribution in [0.25, 0.3) is 88.0 Å². The van der Waals surface area contributed by atoms with E-state index in [2.05, 4.69) is 77.7 Å². The molecule has 0 aliphatic heterocycles. The van der Waals surface area contributed by atoms with Gasteiger partial charge in [0.15, 0.2) is 0 Å². The van der Waals surface area contributed by atoms with E-state index in [4.69, 9.17) is 15.7 Å². The zero-order valence-electron chi connectivity index (χ0n) is 35.4. The van der Waals surface area contributed by atoms with E-state index in [-0.39, 0.29) is 52.8 Å². The van der Waals surface area contributed by atoms with Crippen LogP contribution in [-0.2, 0) is 0 Å². The molecule has 0 aliphatic rings. The average Bonchev–Trinajstić information content (AvgIpc) is 3.88. The average molecular weight is 710 g/mol. The van der Waals surface area contributed by atoms with Crippen molar-refractivity contribution in [3.05, 3.63) is 200 Å². The molecule has 0 radical (unpaired) electrons. The normalized spacial score (nSPS) is 13.2. The molecule has 2 aromatic heterocycles. The summed E-state index contributed by atoms with van der Waals surface area (Å²) in [6.07, 6.45) is 0. The van der Waals surface area contributed by atoms with Crippen LogP contribution in [0, 0.1) is 0 Å². The van der Waals surface area contributed by atoms with Crippen molar-refractivity contribution in [2.24, 2.45) is 0 Å². The third-order valence-electron chi connectivity index (χ3n) is 10.4. The molecule has 9 aromatic carbocycles. The molecule has 0 N–H and O–H groups in total. The van der Waals surface area contributed by atoms with Crippen LogP contribution in [0.4, 0.5) is 17.1 Å². The smallest absolute Gasteiger partial charge is 0.143 e. The molecule has 0 atom stereocenters. The SMILES string of the molecule is [2H]c1cc2oc3c([2H])c([2H])c4ccc(-c5ccc(N(c6ccc(-c7cccc8c7oc7ccccc78)cc6)c6ccccc6-c6ccccc6)cc5)c([2H])c4c3c2c([2H])c1[2H]. The van der Waals surface area contributed by atoms with Gasteiger partial charge in [0.25, 0.3) is 0 Å². The highest BCUT2D eigenvalue weighted by Gasteiger charge is 2.19. The van der Waals surface area contributed by atoms with Crippen LogP contribution in [0.2, 0.25) is 0 Å². The second-order valence-electron chi connectivity index (χ2n) is 13.6. The number of rotatable bonds is 6. The minimum atomic E-state index is -0.264. The van der Waals surface area contributed by atoms with Gasteiger partial charge in [-0.05, 0) is 87.6 Å². The Labute approximate surface area is 326 Å². The standard InChI is InChI=1S/C52H33NO2/c1-2-11-35(12-3-1)41-13-4-7-18-47(41)53(40-30-25-36(26-31-40)42-16-10-17-44-43-14-5-8-19-48(43)55-52(42)44)39-28-23-34(24-29-39)38-22-21-37-27-32-50-51(46(37)33-38)45-15-6-9-20-49(45)54-50/h1-33H/i6D,9D,15D,27D,32D,33D. The van der Waals surface area contributed by atoms with Gasteiger partial charge in [-0.3, -0.25) is 0 Å². The number of hydrogen-bond acceptors (Lipinski definition) is 3. The molecular weight excluding hydrogens is 671 g/mol. The van der Waals surface area contributed by atoms with Crippen LogP contribution in [0.1, 0.15) is 8.22 Å². The van der Waals surface area contributed by atoms with E-state index in [0.29, 0.717) is 21.7 Å². The molecule has 0 bridgehead atoms. The van der Waals surface area contributed by atoms with Gasteiger partial charge in [-0.1, -0.05) is 145 Å². The van der Waals surface area contributed by atoms with Crippen LogP contribution in [0.5, 0.6) is 0 Å². The van der Waals surface area contributed by atoms with Crippen molar-refractivity contribution in [3.63, 3.8) is 0 Å². The Morgan fingerprint density at radius 3 is 1.93 bits per heavy atom. The number of benzene rings is 9. The summed E-state index contributed by atoms with van der Waals surface area (Å²) in [7, 11) is 0. The Bertz CT molecular complexity index is 3540. The zero-order valence-corrected chi connectivity index (χ0v) is 29.4. The molecule has 11 aromatic rings. The predicted molar refractivity (Wildman–Crippen MR) is 229 cm³/mol. The van der Waals surface area contributed by atoms with Gasteiger partial charge in [0.2, 0.25) is 0 Å². The Morgan fingerprint density at radius 1 is 0.400 bits per heavy atom. The van der Waals surface area contributed by atoms with Crippen LogP contribution < -0.4 is 4.90 Å². The lowest BCUT2D eigenvalue weighted by molar-refractivity contribution is 0.669. The molecule has 0 saturated carbocycles. The quantitative estimate of drug-likeness (QED) is 0.172. The third-order valence-corrected chi connectivity index (χ3v) is 10.4. The summed E-state index contributed by atoms with van der Waals surface area (Å²) in [5.74, 6) is 0. The van der Waals surface area contributed by atoms with Crippen molar-refractivity contribution in [2.45, 2.75) is 0 Å². The van der Waals surface area contributed by atoms with E-state index >= 15 is 0 Å². The minimum absolute atomic E-state index is 0.0695. The van der Waals surface area contributed by atoms with Gasteiger partial charge in [-0.15, -0.1) is 0 Å². The van der Waals surface area contributed by atoms with Crippen LogP contribution in [0.15, 0.2) is 209 Å². The summed E-state index contributed by atoms with van der Waals surface area (Å²) in [4.78, 5) is 2.23. The van der Waals surface area contributed by atoms with Crippen molar-refractivity contribution in [2.75, 3.05) is 4.90 Å². The highest BCUT2D eigenvalue weighted by molar-refractivity contribution is 6.19. The molecule has 3 nitrogen and oxygen atoms in total. The molecule has 0 unspecified atom stereocenters. The van der Waals surface area contributed by atoms with E-state index in [1.165, 1.54) is 6.07 Å². The molecule has 55 heavy (non-hydrogen) atoms. The van der Waals surface area contributed by atoms with E-state index in [0.717, 1.165) is 66.8 Å². The van der Waals surface area contributed by atoms with Gasteiger partial charge < -0.3 is 13.7 Å². The molecule has 11 rings (SSSR count). The number of hydrogen-bond donors (Lipinski definition) is 0. The van der Waals surface area contributed by atoms with E-state index in [9.17, 15) is 1.37 Å². The molecule has 3 heteroatoms. The minimum Gasteiger partial charge on any atom is -0.456 e. The lowest BCUT2D eigenvalue weighted by atomic mass is 9.97. The van der Waals surface area contributed by atoms with Gasteiger partial charge in [-0.25, -0.2) is 0 Å². The van der Waals surface area contributed by atoms with Gasteiger partial charge in [0, 0.05) is 44.0 Å². The number of fused-ring (bicyclic) bond motifs is 8. The Hall–Kier alpha value is -7.36. The highest BCUT2D eigenvalue weighted by atomic mass is 16.3. The maximum Gasteiger partial charge on any atom is 0.143 e. The van der Waals surface area contributed by atoms with Gasteiger partial charge >= 0.3 is 0 Å². The van der Waals surface area contributed by atoms with Crippen molar-refractivity contribution in [1.29, 1.82) is 0 Å². The van der Waals surface area contributed by atoms with Crippen molar-refractivity contribution >= 4 is 71.7 Å². The first-order chi connectivity index (χ1) is 29.8. The van der Waals surface area contributed by atoms with E-state index in [1.54, 1.807) is 12.1 Å². The first-order valence-corrected chi connectivity index (χ1v) is 18.2. The Balaban J connectivity index is 1.05. The molecule has 0 amide bonds. The number of anilines is 3. The van der Waals surface area contributed by atoms with E-state index in [1.807, 2.05) is 72.8 Å². The van der Waals surface area contributed by atoms with Crippen LogP contribution >= 0.6 is 0 Å². The molecule has 0 saturated heterocycles. The van der Waals surface area contributed by atoms with Gasteiger partial charge in [0.05, 0.1) is 13.9 Å². The van der Waals surface area contributed by atoms with Crippen LogP contribution in [-0.4, -0.2) is 0 Å². The predicted octanol–water partition coefficient (Wildman–Crippen LogP) is 15.1. The Morgan fingerprint density at radius 2 is 1.07 bits per heavy atom. The van der Waals surface area contributed by atoms with E-state index < -0.39 is 0 Å². The molecule has 0 aliphatic carbocycles. The molecular formula is C52H33NO2. The number of furan rings is 2. The monoisotopic (exact) mass is 709 g/mol. The fourth-order valence-electron chi connectivity index (χ4n) is 7.80. The molecule has 0 spiro atoms. The maximum atomic E-state index is 9.56. The van der Waals surface area contributed by atoms with Gasteiger partial charge in [-0.2, -0.15) is 0 Å². The summed E-state index contributed by atoms with van der Waals surface area (Å²) in [6, 6.07) is 53.7. The summed E-state index contributed by atoms with van der Waals surface area (Å²) >= 11 is 0. The lowest BCUT2D eigenvalue weighted by Crippen LogP contribution is -2.11. The lowest BCUT2D eigenvalue weighted by Gasteiger charge is -2.28. The largest absolute Gasteiger partial charge is 0.456 e. The summed E-state index contributed by atoms with van der Waals surface area (Å²) in [5.41, 5.74) is 10.3. The highest BCUT2D eigenvalue weighted by Crippen LogP contribution is 2.43. The first kappa shape index (κ1) is 25.6. The molecule has 258 valence electrons. The maximum absolute atomic E-state index is 9.56. The topological polar surface area (TPSA) is 29.5 Å². The summed E-state index contributed by atoms with van der Waals surface area (Å²) in [5, 5.41) is 3.53. The number of nitrogens with zero attached hydrogens (tertiary/aromatic N) is 1. The Kier molecular flexibility index (Phi) is 5.88. The summed E-state index contributed by atoms with van der Waals surface area (Å²) < 4.78 is 64.8. The fourth-order valence-corrected chi connectivity index (χ4v) is 7.80. The van der Waals surface area contributed by atoms with Crippen LogP contribution in [0.3, 0.4) is 0 Å². The fraction of sp³-hybridized carbons (Fsp3) is 0. The van der Waals surface area contributed by atoms with Crippen molar-refractivity contribution in [1.82, 2.24) is 0 Å². The van der Waals surface area contributed by atoms with Crippen molar-refractivity contribution in [3.8, 4) is 33.4 Å². The third kappa shape index (κ3) is 5.20. The second kappa shape index (κ2) is 12.6.